The monoisotopic (exact) mass is 269 g/mol. The summed E-state index contributed by atoms with van der Waals surface area (Å²) >= 11 is 1.74. The molecular weight excluding hydrogens is 246 g/mol. The highest BCUT2D eigenvalue weighted by molar-refractivity contribution is 7.09. The van der Waals surface area contributed by atoms with Crippen LogP contribution in [0.5, 0.6) is 0 Å². The summed E-state index contributed by atoms with van der Waals surface area (Å²) in [6.07, 6.45) is 1.48. The molecule has 1 fully saturated rings. The van der Waals surface area contributed by atoms with E-state index in [-0.39, 0.29) is 0 Å². The molecule has 0 aliphatic carbocycles. The van der Waals surface area contributed by atoms with Crippen molar-refractivity contribution in [3.8, 4) is 0 Å². The predicted octanol–water partition coefficient (Wildman–Crippen LogP) is 1.86. The minimum absolute atomic E-state index is 0.336. The summed E-state index contributed by atoms with van der Waals surface area (Å²) in [6, 6.07) is 0.538. The number of thiazole rings is 1. The van der Waals surface area contributed by atoms with Gasteiger partial charge in [-0.15, -0.1) is 11.3 Å². The number of ether oxygens (including phenoxy) is 1. The third-order valence-electron chi connectivity index (χ3n) is 3.34. The second-order valence-electron chi connectivity index (χ2n) is 4.90. The molecule has 1 aliphatic heterocycles. The molecule has 1 aromatic heterocycles. The van der Waals surface area contributed by atoms with Gasteiger partial charge in [-0.2, -0.15) is 0 Å². The van der Waals surface area contributed by atoms with Gasteiger partial charge >= 0.3 is 0 Å². The molecule has 5 heteroatoms. The number of hydrogen-bond acceptors (Lipinski definition) is 5. The van der Waals surface area contributed by atoms with Gasteiger partial charge in [0.2, 0.25) is 0 Å². The van der Waals surface area contributed by atoms with Crippen molar-refractivity contribution in [2.45, 2.75) is 45.5 Å². The summed E-state index contributed by atoms with van der Waals surface area (Å²) in [5.41, 5.74) is 1.19. The molecule has 1 aliphatic rings. The molecule has 102 valence electrons. The number of rotatable bonds is 5. The largest absolute Gasteiger partial charge is 0.376 e. The van der Waals surface area contributed by atoms with Gasteiger partial charge in [-0.3, -0.25) is 4.90 Å². The molecule has 0 saturated carbocycles. The Balaban J connectivity index is 1.96. The third-order valence-corrected chi connectivity index (χ3v) is 4.24. The predicted molar refractivity (Wildman–Crippen MR) is 74.8 cm³/mol. The topological polar surface area (TPSA) is 37.4 Å². The van der Waals surface area contributed by atoms with Gasteiger partial charge in [0, 0.05) is 31.1 Å². The molecule has 2 heterocycles. The number of nitrogens with one attached hydrogen (secondary N) is 1. The molecule has 2 unspecified atom stereocenters. The Hall–Kier alpha value is -0.490. The number of aromatic nitrogens is 1. The zero-order valence-electron chi connectivity index (χ0n) is 11.5. The summed E-state index contributed by atoms with van der Waals surface area (Å²) in [5, 5.41) is 6.49. The summed E-state index contributed by atoms with van der Waals surface area (Å²) in [4.78, 5) is 7.17. The van der Waals surface area contributed by atoms with Crippen LogP contribution in [0.1, 0.15) is 31.0 Å². The van der Waals surface area contributed by atoms with Crippen LogP contribution < -0.4 is 5.32 Å². The lowest BCUT2D eigenvalue weighted by Gasteiger charge is -2.37. The normalized spacial score (nSPS) is 25.5. The zero-order chi connectivity index (χ0) is 13.0. The smallest absolute Gasteiger partial charge is 0.107 e. The molecule has 2 rings (SSSR count). The van der Waals surface area contributed by atoms with Gasteiger partial charge in [-0.05, 0) is 20.4 Å². The molecule has 0 radical (unpaired) electrons. The van der Waals surface area contributed by atoms with Crippen LogP contribution in [-0.4, -0.2) is 42.2 Å². The molecule has 1 saturated heterocycles. The minimum atomic E-state index is 0.336. The second kappa shape index (κ2) is 6.61. The summed E-state index contributed by atoms with van der Waals surface area (Å²) in [5.74, 6) is 0. The van der Waals surface area contributed by atoms with Crippen LogP contribution in [0.25, 0.3) is 0 Å². The van der Waals surface area contributed by atoms with Gasteiger partial charge in [0.25, 0.3) is 0 Å². The molecule has 0 bridgehead atoms. The van der Waals surface area contributed by atoms with Crippen molar-refractivity contribution in [2.24, 2.45) is 0 Å². The average molecular weight is 269 g/mol. The van der Waals surface area contributed by atoms with Crippen molar-refractivity contribution >= 4 is 11.3 Å². The van der Waals surface area contributed by atoms with Gasteiger partial charge in [0.15, 0.2) is 0 Å². The fourth-order valence-corrected chi connectivity index (χ4v) is 3.14. The van der Waals surface area contributed by atoms with Crippen molar-refractivity contribution < 1.29 is 4.74 Å². The Morgan fingerprint density at radius 3 is 3.17 bits per heavy atom. The van der Waals surface area contributed by atoms with E-state index >= 15 is 0 Å². The maximum absolute atomic E-state index is 5.72. The quantitative estimate of drug-likeness (QED) is 0.885. The minimum Gasteiger partial charge on any atom is -0.376 e. The molecule has 4 nitrogen and oxygen atoms in total. The van der Waals surface area contributed by atoms with Gasteiger partial charge in [0.1, 0.15) is 5.01 Å². The molecule has 1 aromatic rings. The Labute approximate surface area is 113 Å². The molecule has 0 spiro atoms. The number of nitrogens with zero attached hydrogens (tertiary/aromatic N) is 2. The van der Waals surface area contributed by atoms with E-state index in [1.54, 1.807) is 11.3 Å². The van der Waals surface area contributed by atoms with Gasteiger partial charge in [-0.1, -0.05) is 6.92 Å². The fraction of sp³-hybridized carbons (Fsp3) is 0.769. The standard InChI is InChI=1S/C13H23N3OS/c1-4-12-8-17-10(2)6-16(12)7-11-9-18-13(15-11)5-14-3/h9-10,12,14H,4-8H2,1-3H3. The first-order valence-electron chi connectivity index (χ1n) is 6.66. The van der Waals surface area contributed by atoms with Gasteiger partial charge in [0.05, 0.1) is 18.4 Å². The lowest BCUT2D eigenvalue weighted by molar-refractivity contribution is -0.0595. The summed E-state index contributed by atoms with van der Waals surface area (Å²) in [6.45, 7) is 8.05. The van der Waals surface area contributed by atoms with E-state index in [4.69, 9.17) is 4.74 Å². The maximum atomic E-state index is 5.72. The van der Waals surface area contributed by atoms with Crippen LogP contribution in [0, 0.1) is 0 Å². The summed E-state index contributed by atoms with van der Waals surface area (Å²) in [7, 11) is 1.96. The fourth-order valence-electron chi connectivity index (χ4n) is 2.34. The Kier molecular flexibility index (Phi) is 5.12. The van der Waals surface area contributed by atoms with Gasteiger partial charge in [-0.25, -0.2) is 4.98 Å². The SMILES string of the molecule is CCC1COC(C)CN1Cc1csc(CNC)n1. The van der Waals surface area contributed by atoms with Crippen LogP contribution in [0.15, 0.2) is 5.38 Å². The summed E-state index contributed by atoms with van der Waals surface area (Å²) < 4.78 is 5.72. The van der Waals surface area contributed by atoms with E-state index in [9.17, 15) is 0 Å². The average Bonchev–Trinajstić information content (AvgIpc) is 2.77. The highest BCUT2D eigenvalue weighted by Gasteiger charge is 2.25. The van der Waals surface area contributed by atoms with Crippen LogP contribution in [0.2, 0.25) is 0 Å². The molecule has 1 N–H and O–H groups in total. The first-order chi connectivity index (χ1) is 8.72. The van der Waals surface area contributed by atoms with Crippen molar-refractivity contribution in [2.75, 3.05) is 20.2 Å². The highest BCUT2D eigenvalue weighted by Crippen LogP contribution is 2.19. The van der Waals surface area contributed by atoms with Crippen molar-refractivity contribution in [1.29, 1.82) is 0 Å². The Morgan fingerprint density at radius 1 is 1.61 bits per heavy atom. The third kappa shape index (κ3) is 3.51. The van der Waals surface area contributed by atoms with Crippen molar-refractivity contribution in [3.63, 3.8) is 0 Å². The van der Waals surface area contributed by atoms with Gasteiger partial charge < -0.3 is 10.1 Å². The van der Waals surface area contributed by atoms with Crippen LogP contribution in [0.4, 0.5) is 0 Å². The first kappa shape index (κ1) is 13.9. The lowest BCUT2D eigenvalue weighted by Crippen LogP contribution is -2.47. The van der Waals surface area contributed by atoms with Crippen molar-refractivity contribution in [1.82, 2.24) is 15.2 Å². The van der Waals surface area contributed by atoms with Crippen LogP contribution in [0.3, 0.4) is 0 Å². The van der Waals surface area contributed by atoms with E-state index in [2.05, 4.69) is 34.4 Å². The van der Waals surface area contributed by atoms with Crippen LogP contribution in [-0.2, 0) is 17.8 Å². The van der Waals surface area contributed by atoms with Crippen LogP contribution >= 0.6 is 11.3 Å². The maximum Gasteiger partial charge on any atom is 0.107 e. The molecule has 0 aromatic carbocycles. The number of morpholine rings is 1. The molecule has 0 amide bonds. The molecular formula is C13H23N3OS. The second-order valence-corrected chi connectivity index (χ2v) is 5.84. The number of hydrogen-bond donors (Lipinski definition) is 1. The van der Waals surface area contributed by atoms with Crippen molar-refractivity contribution in [3.05, 3.63) is 16.1 Å². The highest BCUT2D eigenvalue weighted by atomic mass is 32.1. The van der Waals surface area contributed by atoms with E-state index in [0.717, 1.165) is 32.7 Å². The first-order valence-corrected chi connectivity index (χ1v) is 7.54. The zero-order valence-corrected chi connectivity index (χ0v) is 12.3. The van der Waals surface area contributed by atoms with E-state index in [0.29, 0.717) is 12.1 Å². The molecule has 2 atom stereocenters. The van der Waals surface area contributed by atoms with E-state index in [1.807, 2.05) is 7.05 Å². The Bertz CT molecular complexity index is 369. The van der Waals surface area contributed by atoms with E-state index < -0.39 is 0 Å². The lowest BCUT2D eigenvalue weighted by atomic mass is 10.1. The molecule has 18 heavy (non-hydrogen) atoms. The Morgan fingerprint density at radius 2 is 2.44 bits per heavy atom. The van der Waals surface area contributed by atoms with E-state index in [1.165, 1.54) is 10.7 Å².